The SMILES string of the molecule is Cc1cc(C)nc(-n2nc(C)cc2NC(=O)CSc2nnc(-c3ccccc3C)o2)n1. The number of rotatable bonds is 6. The summed E-state index contributed by atoms with van der Waals surface area (Å²) >= 11 is 1.17. The minimum absolute atomic E-state index is 0.104. The van der Waals surface area contributed by atoms with Gasteiger partial charge >= 0.3 is 0 Å². The molecule has 0 aliphatic heterocycles. The van der Waals surface area contributed by atoms with Gasteiger partial charge in [0.2, 0.25) is 11.8 Å². The van der Waals surface area contributed by atoms with E-state index in [2.05, 4.69) is 30.6 Å². The van der Waals surface area contributed by atoms with Crippen LogP contribution in [0.15, 0.2) is 46.0 Å². The molecule has 10 heteroatoms. The third kappa shape index (κ3) is 4.80. The maximum atomic E-state index is 12.5. The van der Waals surface area contributed by atoms with Crippen LogP contribution in [0.5, 0.6) is 0 Å². The van der Waals surface area contributed by atoms with Crippen molar-refractivity contribution in [2.24, 2.45) is 0 Å². The monoisotopic (exact) mass is 435 g/mol. The first-order valence-electron chi connectivity index (χ1n) is 9.60. The van der Waals surface area contributed by atoms with E-state index in [1.807, 2.05) is 58.0 Å². The quantitative estimate of drug-likeness (QED) is 0.457. The molecule has 0 aliphatic carbocycles. The summed E-state index contributed by atoms with van der Waals surface area (Å²) in [6, 6.07) is 11.4. The second-order valence-corrected chi connectivity index (χ2v) is 7.98. The summed E-state index contributed by atoms with van der Waals surface area (Å²) in [5.74, 6) is 1.22. The van der Waals surface area contributed by atoms with Crippen LogP contribution in [0.2, 0.25) is 0 Å². The van der Waals surface area contributed by atoms with Gasteiger partial charge in [-0.15, -0.1) is 10.2 Å². The number of aryl methyl sites for hydroxylation is 4. The number of anilines is 1. The third-order valence-electron chi connectivity index (χ3n) is 4.37. The van der Waals surface area contributed by atoms with E-state index in [0.29, 0.717) is 22.9 Å². The van der Waals surface area contributed by atoms with Crippen molar-refractivity contribution in [3.8, 4) is 17.4 Å². The van der Waals surface area contributed by atoms with Crippen LogP contribution in [-0.4, -0.2) is 41.6 Å². The number of benzene rings is 1. The second kappa shape index (κ2) is 8.68. The van der Waals surface area contributed by atoms with Gasteiger partial charge in [0.15, 0.2) is 0 Å². The standard InChI is InChI=1S/C21H21N7O2S/c1-12-7-5-6-8-16(12)19-25-26-21(30-19)31-11-18(29)24-17-10-15(4)27-28(17)20-22-13(2)9-14(3)23-20/h5-10H,11H2,1-4H3,(H,24,29). The fourth-order valence-corrected chi connectivity index (χ4v) is 3.60. The zero-order chi connectivity index (χ0) is 22.0. The minimum atomic E-state index is -0.230. The molecule has 0 saturated carbocycles. The Hall–Kier alpha value is -3.53. The van der Waals surface area contributed by atoms with Gasteiger partial charge in [-0.05, 0) is 45.4 Å². The van der Waals surface area contributed by atoms with Gasteiger partial charge in [-0.25, -0.2) is 9.97 Å². The van der Waals surface area contributed by atoms with Crippen LogP contribution >= 0.6 is 11.8 Å². The summed E-state index contributed by atoms with van der Waals surface area (Å²) in [6.07, 6.45) is 0. The highest BCUT2D eigenvalue weighted by atomic mass is 32.2. The lowest BCUT2D eigenvalue weighted by Gasteiger charge is -2.08. The van der Waals surface area contributed by atoms with Crippen molar-refractivity contribution >= 4 is 23.5 Å². The molecule has 0 radical (unpaired) electrons. The van der Waals surface area contributed by atoms with Gasteiger partial charge in [0.25, 0.3) is 11.2 Å². The van der Waals surface area contributed by atoms with Crippen LogP contribution in [-0.2, 0) is 4.79 Å². The topological polar surface area (TPSA) is 112 Å². The average Bonchev–Trinajstić information content (AvgIpc) is 3.32. The van der Waals surface area contributed by atoms with Crippen molar-refractivity contribution in [2.75, 3.05) is 11.1 Å². The first-order valence-corrected chi connectivity index (χ1v) is 10.6. The Bertz CT molecular complexity index is 1230. The molecule has 4 rings (SSSR count). The molecule has 0 saturated heterocycles. The van der Waals surface area contributed by atoms with E-state index < -0.39 is 0 Å². The summed E-state index contributed by atoms with van der Waals surface area (Å²) in [6.45, 7) is 7.59. The van der Waals surface area contributed by atoms with E-state index in [1.54, 1.807) is 6.07 Å². The largest absolute Gasteiger partial charge is 0.411 e. The summed E-state index contributed by atoms with van der Waals surface area (Å²) < 4.78 is 7.23. The van der Waals surface area contributed by atoms with E-state index in [1.165, 1.54) is 16.4 Å². The molecule has 31 heavy (non-hydrogen) atoms. The third-order valence-corrected chi connectivity index (χ3v) is 5.19. The lowest BCUT2D eigenvalue weighted by atomic mass is 10.1. The molecule has 1 amide bonds. The van der Waals surface area contributed by atoms with Gasteiger partial charge in [-0.1, -0.05) is 30.0 Å². The predicted octanol–water partition coefficient (Wildman–Crippen LogP) is 3.68. The Kier molecular flexibility index (Phi) is 5.81. The number of hydrogen-bond donors (Lipinski definition) is 1. The molecule has 3 aromatic heterocycles. The minimum Gasteiger partial charge on any atom is -0.411 e. The van der Waals surface area contributed by atoms with E-state index in [0.717, 1.165) is 28.2 Å². The molecule has 0 spiro atoms. The lowest BCUT2D eigenvalue weighted by molar-refractivity contribution is -0.113. The Morgan fingerprint density at radius 3 is 2.52 bits per heavy atom. The Morgan fingerprint density at radius 1 is 1.03 bits per heavy atom. The van der Waals surface area contributed by atoms with Crippen molar-refractivity contribution in [1.82, 2.24) is 29.9 Å². The molecule has 1 aromatic carbocycles. The Morgan fingerprint density at radius 2 is 1.77 bits per heavy atom. The van der Waals surface area contributed by atoms with Crippen LogP contribution in [0.1, 0.15) is 22.6 Å². The van der Waals surface area contributed by atoms with E-state index in [-0.39, 0.29) is 11.7 Å². The second-order valence-electron chi connectivity index (χ2n) is 7.06. The molecule has 0 bridgehead atoms. The van der Waals surface area contributed by atoms with Crippen LogP contribution in [0.3, 0.4) is 0 Å². The normalized spacial score (nSPS) is 11.0. The lowest BCUT2D eigenvalue weighted by Crippen LogP contribution is -2.18. The zero-order valence-corrected chi connectivity index (χ0v) is 18.4. The summed E-state index contributed by atoms with van der Waals surface area (Å²) in [5.41, 5.74) is 4.30. The van der Waals surface area contributed by atoms with E-state index in [9.17, 15) is 4.79 Å². The molecule has 4 aromatic rings. The summed E-state index contributed by atoms with van der Waals surface area (Å²) in [4.78, 5) is 21.4. The van der Waals surface area contributed by atoms with Gasteiger partial charge in [-0.2, -0.15) is 9.78 Å². The van der Waals surface area contributed by atoms with Gasteiger partial charge < -0.3 is 9.73 Å². The first-order chi connectivity index (χ1) is 14.9. The van der Waals surface area contributed by atoms with Crippen molar-refractivity contribution in [3.63, 3.8) is 0 Å². The summed E-state index contributed by atoms with van der Waals surface area (Å²) in [7, 11) is 0. The molecule has 0 aliphatic rings. The van der Waals surface area contributed by atoms with Crippen molar-refractivity contribution in [2.45, 2.75) is 32.9 Å². The molecule has 0 fully saturated rings. The Labute approximate surface area is 183 Å². The zero-order valence-electron chi connectivity index (χ0n) is 17.6. The van der Waals surface area contributed by atoms with E-state index >= 15 is 0 Å². The molecule has 3 heterocycles. The molecule has 9 nitrogen and oxygen atoms in total. The number of thioether (sulfide) groups is 1. The number of carbonyl (C=O) groups excluding carboxylic acids is 1. The Balaban J connectivity index is 1.44. The van der Waals surface area contributed by atoms with Crippen molar-refractivity contribution in [1.29, 1.82) is 0 Å². The predicted molar refractivity (Wildman–Crippen MR) is 117 cm³/mol. The maximum Gasteiger partial charge on any atom is 0.277 e. The molecular formula is C21H21N7O2S. The number of aromatic nitrogens is 6. The molecule has 0 unspecified atom stereocenters. The van der Waals surface area contributed by atoms with Crippen molar-refractivity contribution < 1.29 is 9.21 Å². The van der Waals surface area contributed by atoms with Crippen LogP contribution < -0.4 is 5.32 Å². The van der Waals surface area contributed by atoms with Crippen molar-refractivity contribution in [3.05, 3.63) is 59.0 Å². The van der Waals surface area contributed by atoms with E-state index in [4.69, 9.17) is 4.42 Å². The van der Waals surface area contributed by atoms with Gasteiger partial charge in [0.05, 0.1) is 11.4 Å². The van der Waals surface area contributed by atoms with Crippen LogP contribution in [0, 0.1) is 27.7 Å². The van der Waals surface area contributed by atoms with Crippen LogP contribution in [0.25, 0.3) is 17.4 Å². The number of carbonyl (C=O) groups is 1. The first kappa shape index (κ1) is 20.7. The molecular weight excluding hydrogens is 414 g/mol. The molecule has 158 valence electrons. The highest BCUT2D eigenvalue weighted by Gasteiger charge is 2.16. The average molecular weight is 436 g/mol. The summed E-state index contributed by atoms with van der Waals surface area (Å²) in [5, 5.41) is 15.7. The van der Waals surface area contributed by atoms with Gasteiger partial charge in [0.1, 0.15) is 5.82 Å². The molecule has 0 atom stereocenters. The number of amides is 1. The van der Waals surface area contributed by atoms with Crippen LogP contribution in [0.4, 0.5) is 5.82 Å². The smallest absolute Gasteiger partial charge is 0.277 e. The fourth-order valence-electron chi connectivity index (χ4n) is 3.04. The fraction of sp³-hybridized carbons (Fsp3) is 0.238. The molecule has 1 N–H and O–H groups in total. The van der Waals surface area contributed by atoms with Gasteiger partial charge in [-0.3, -0.25) is 4.79 Å². The number of nitrogens with one attached hydrogen (secondary N) is 1. The number of hydrogen-bond acceptors (Lipinski definition) is 8. The maximum absolute atomic E-state index is 12.5. The highest BCUT2D eigenvalue weighted by molar-refractivity contribution is 7.99. The van der Waals surface area contributed by atoms with Gasteiger partial charge in [0, 0.05) is 23.0 Å². The number of nitrogens with zero attached hydrogens (tertiary/aromatic N) is 6. The highest BCUT2D eigenvalue weighted by Crippen LogP contribution is 2.25.